The zero-order chi connectivity index (χ0) is 10.7. The molecule has 15 heavy (non-hydrogen) atoms. The van der Waals surface area contributed by atoms with Gasteiger partial charge in [-0.2, -0.15) is 0 Å². The van der Waals surface area contributed by atoms with E-state index >= 15 is 0 Å². The quantitative estimate of drug-likeness (QED) is 0.716. The predicted molar refractivity (Wildman–Crippen MR) is 60.8 cm³/mol. The summed E-state index contributed by atoms with van der Waals surface area (Å²) in [6.45, 7) is 0. The molecule has 0 aromatic rings. The SMILES string of the molecule is O=[Se](=O)(C1CCCCC1)C1CCCCC1. The second kappa shape index (κ2) is 4.97. The van der Waals surface area contributed by atoms with Crippen molar-refractivity contribution in [2.45, 2.75) is 73.8 Å². The van der Waals surface area contributed by atoms with Gasteiger partial charge in [-0.25, -0.2) is 0 Å². The van der Waals surface area contributed by atoms with Gasteiger partial charge in [0.15, 0.2) is 0 Å². The second-order valence-corrected chi connectivity index (χ2v) is 10.4. The molecule has 2 saturated carbocycles. The monoisotopic (exact) mass is 278 g/mol. The minimum absolute atomic E-state index is 0.0816. The molecule has 0 radical (unpaired) electrons. The molecule has 0 aromatic heterocycles. The molecule has 2 fully saturated rings. The van der Waals surface area contributed by atoms with Crippen molar-refractivity contribution >= 4 is 12.7 Å². The molecule has 3 heteroatoms. The molecule has 0 heterocycles. The van der Waals surface area contributed by atoms with Crippen LogP contribution in [0.2, 0.25) is 9.63 Å². The van der Waals surface area contributed by atoms with Crippen LogP contribution < -0.4 is 0 Å². The van der Waals surface area contributed by atoms with Crippen molar-refractivity contribution in [3.63, 3.8) is 0 Å². The van der Waals surface area contributed by atoms with Gasteiger partial charge in [-0.1, -0.05) is 0 Å². The van der Waals surface area contributed by atoms with E-state index in [9.17, 15) is 7.67 Å². The molecule has 0 spiro atoms. The Hall–Kier alpha value is 0.119. The molecule has 0 bridgehead atoms. The van der Waals surface area contributed by atoms with Crippen LogP contribution in [-0.4, -0.2) is 12.7 Å². The zero-order valence-electron chi connectivity index (χ0n) is 9.45. The van der Waals surface area contributed by atoms with E-state index in [4.69, 9.17) is 0 Å². The molecule has 0 aromatic carbocycles. The molecule has 2 aliphatic carbocycles. The summed E-state index contributed by atoms with van der Waals surface area (Å²) in [5, 5.41) is 0. The Balaban J connectivity index is 2.03. The molecule has 0 aliphatic heterocycles. The van der Waals surface area contributed by atoms with Gasteiger partial charge in [0, 0.05) is 0 Å². The van der Waals surface area contributed by atoms with Gasteiger partial charge in [-0.3, -0.25) is 0 Å². The fourth-order valence-corrected chi connectivity index (χ4v) is 8.36. The Kier molecular flexibility index (Phi) is 3.84. The topological polar surface area (TPSA) is 34.1 Å². The second-order valence-electron chi connectivity index (χ2n) is 5.11. The first-order valence-corrected chi connectivity index (χ1v) is 9.81. The van der Waals surface area contributed by atoms with Crippen LogP contribution in [0.4, 0.5) is 0 Å². The Morgan fingerprint density at radius 2 is 0.933 bits per heavy atom. The van der Waals surface area contributed by atoms with Gasteiger partial charge in [0.2, 0.25) is 0 Å². The van der Waals surface area contributed by atoms with Crippen LogP contribution >= 0.6 is 0 Å². The fourth-order valence-electron chi connectivity index (χ4n) is 3.06. The van der Waals surface area contributed by atoms with Crippen molar-refractivity contribution in [1.82, 2.24) is 0 Å². The van der Waals surface area contributed by atoms with E-state index in [0.29, 0.717) is 0 Å². The standard InChI is InChI=1S/C12H22O2Se/c13-15(14,11-7-3-1-4-8-11)12-9-5-2-6-10-12/h11-12H,1-10H2. The Bertz CT molecular complexity index is 259. The molecule has 2 rings (SSSR count). The van der Waals surface area contributed by atoms with Gasteiger partial charge in [0.25, 0.3) is 0 Å². The maximum absolute atomic E-state index is 12.4. The van der Waals surface area contributed by atoms with E-state index in [1.54, 1.807) is 0 Å². The average molecular weight is 277 g/mol. The maximum atomic E-state index is 12.4. The van der Waals surface area contributed by atoms with Gasteiger partial charge >= 0.3 is 94.2 Å². The number of rotatable bonds is 2. The predicted octanol–water partition coefficient (Wildman–Crippen LogP) is 3.96. The Labute approximate surface area is 94.5 Å². The third kappa shape index (κ3) is 2.62. The van der Waals surface area contributed by atoms with Crippen molar-refractivity contribution in [3.8, 4) is 0 Å². The van der Waals surface area contributed by atoms with Crippen LogP contribution in [0.15, 0.2) is 0 Å². The summed E-state index contributed by atoms with van der Waals surface area (Å²) in [7, 11) is 0. The van der Waals surface area contributed by atoms with Crippen LogP contribution in [0, 0.1) is 0 Å². The first kappa shape index (κ1) is 11.6. The van der Waals surface area contributed by atoms with Gasteiger partial charge in [-0.15, -0.1) is 0 Å². The summed E-state index contributed by atoms with van der Waals surface area (Å²) < 4.78 is 24.8. The summed E-state index contributed by atoms with van der Waals surface area (Å²) in [4.78, 5) is 0.163. The van der Waals surface area contributed by atoms with Crippen LogP contribution in [0.3, 0.4) is 0 Å². The molecular formula is C12H22O2Se. The Morgan fingerprint density at radius 3 is 1.27 bits per heavy atom. The van der Waals surface area contributed by atoms with E-state index in [-0.39, 0.29) is 9.63 Å². The summed E-state index contributed by atoms with van der Waals surface area (Å²) >= 11 is -3.59. The summed E-state index contributed by atoms with van der Waals surface area (Å²) in [5.74, 6) is 0. The van der Waals surface area contributed by atoms with Crippen molar-refractivity contribution in [2.75, 3.05) is 0 Å². The molecule has 0 unspecified atom stereocenters. The van der Waals surface area contributed by atoms with Gasteiger partial charge in [-0.05, 0) is 0 Å². The molecule has 0 N–H and O–H groups in total. The summed E-state index contributed by atoms with van der Waals surface area (Å²) in [6.07, 6.45) is 10.9. The van der Waals surface area contributed by atoms with Gasteiger partial charge in [0.05, 0.1) is 0 Å². The molecule has 88 valence electrons. The van der Waals surface area contributed by atoms with E-state index in [2.05, 4.69) is 0 Å². The Morgan fingerprint density at radius 1 is 0.600 bits per heavy atom. The van der Waals surface area contributed by atoms with Crippen molar-refractivity contribution in [2.24, 2.45) is 0 Å². The number of hydrogen-bond acceptors (Lipinski definition) is 2. The van der Waals surface area contributed by atoms with Gasteiger partial charge < -0.3 is 0 Å². The normalized spacial score (nSPS) is 26.7. The van der Waals surface area contributed by atoms with Crippen LogP contribution in [0.25, 0.3) is 0 Å². The van der Waals surface area contributed by atoms with Crippen LogP contribution in [0.5, 0.6) is 0 Å². The van der Waals surface area contributed by atoms with Crippen LogP contribution in [0.1, 0.15) is 64.2 Å². The summed E-state index contributed by atoms with van der Waals surface area (Å²) in [6, 6.07) is 0. The summed E-state index contributed by atoms with van der Waals surface area (Å²) in [5.41, 5.74) is 0. The van der Waals surface area contributed by atoms with Crippen LogP contribution in [-0.2, 0) is 7.67 Å². The number of hydrogen-bond donors (Lipinski definition) is 0. The average Bonchev–Trinajstić information content (AvgIpc) is 2.31. The molecule has 2 nitrogen and oxygen atoms in total. The van der Waals surface area contributed by atoms with Crippen molar-refractivity contribution < 1.29 is 7.67 Å². The molecule has 0 amide bonds. The van der Waals surface area contributed by atoms with Crippen molar-refractivity contribution in [3.05, 3.63) is 0 Å². The zero-order valence-corrected chi connectivity index (χ0v) is 11.2. The van der Waals surface area contributed by atoms with E-state index in [0.717, 1.165) is 51.4 Å². The minimum atomic E-state index is -3.59. The first-order chi connectivity index (χ1) is 7.21. The molecule has 0 atom stereocenters. The third-order valence-electron chi connectivity index (χ3n) is 4.03. The molecule has 0 saturated heterocycles. The van der Waals surface area contributed by atoms with E-state index in [1.807, 2.05) is 0 Å². The first-order valence-electron chi connectivity index (χ1n) is 6.44. The van der Waals surface area contributed by atoms with E-state index in [1.165, 1.54) is 12.8 Å². The van der Waals surface area contributed by atoms with E-state index < -0.39 is 12.7 Å². The molecular weight excluding hydrogens is 255 g/mol. The molecule has 2 aliphatic rings. The van der Waals surface area contributed by atoms with Gasteiger partial charge in [0.1, 0.15) is 0 Å². The fraction of sp³-hybridized carbons (Fsp3) is 1.00. The van der Waals surface area contributed by atoms with Crippen molar-refractivity contribution in [1.29, 1.82) is 0 Å². The third-order valence-corrected chi connectivity index (χ3v) is 9.91.